The second-order valence-corrected chi connectivity index (χ2v) is 9.66. The Labute approximate surface area is 187 Å². The Bertz CT molecular complexity index is 691. The summed E-state index contributed by atoms with van der Waals surface area (Å²) >= 11 is 5.95. The van der Waals surface area contributed by atoms with E-state index in [0.717, 1.165) is 19.4 Å². The Morgan fingerprint density at radius 3 is 1.97 bits per heavy atom. The summed E-state index contributed by atoms with van der Waals surface area (Å²) in [6, 6.07) is 0. The molecule has 174 valence electrons. The van der Waals surface area contributed by atoms with Crippen LogP contribution < -0.4 is 10.2 Å². The quantitative estimate of drug-likeness (QED) is 0.232. The third kappa shape index (κ3) is 13.9. The molecule has 1 aromatic rings. The van der Waals surface area contributed by atoms with Gasteiger partial charge >= 0.3 is 0 Å². The van der Waals surface area contributed by atoms with E-state index in [0.29, 0.717) is 5.95 Å². The van der Waals surface area contributed by atoms with Crippen LogP contribution in [0.25, 0.3) is 0 Å². The lowest BCUT2D eigenvalue weighted by Gasteiger charge is -2.16. The molecule has 1 aromatic heterocycles. The Balaban J connectivity index is 2.16. The predicted molar refractivity (Wildman–Crippen MR) is 124 cm³/mol. The van der Waals surface area contributed by atoms with Gasteiger partial charge in [-0.1, -0.05) is 77.6 Å². The zero-order valence-corrected chi connectivity index (χ0v) is 20.0. The molecule has 10 heteroatoms. The molecule has 2 N–H and O–H groups in total. The summed E-state index contributed by atoms with van der Waals surface area (Å²) < 4.78 is 30.6. The van der Waals surface area contributed by atoms with Gasteiger partial charge in [0, 0.05) is 20.1 Å². The Hall–Kier alpha value is -1.19. The summed E-state index contributed by atoms with van der Waals surface area (Å²) in [5, 5.41) is 3.19. The van der Waals surface area contributed by atoms with Crippen LogP contribution >= 0.6 is 11.6 Å². The number of nitrogens with one attached hydrogen (secondary N) is 1. The molecule has 1 heterocycles. The lowest BCUT2D eigenvalue weighted by Crippen LogP contribution is -2.27. The maximum atomic E-state index is 10.9. The molecule has 0 spiro atoms. The normalized spacial score (nSPS) is 11.6. The van der Waals surface area contributed by atoms with E-state index in [9.17, 15) is 8.42 Å². The van der Waals surface area contributed by atoms with Gasteiger partial charge in [-0.05, 0) is 18.0 Å². The van der Waals surface area contributed by atoms with Crippen molar-refractivity contribution in [1.29, 1.82) is 0 Å². The van der Waals surface area contributed by atoms with E-state index in [2.05, 4.69) is 27.2 Å². The lowest BCUT2D eigenvalue weighted by atomic mass is 10.1. The van der Waals surface area contributed by atoms with Crippen LogP contribution in [0.2, 0.25) is 5.28 Å². The molecule has 0 unspecified atom stereocenters. The second kappa shape index (κ2) is 15.6. The monoisotopic (exact) mass is 463 g/mol. The number of rotatable bonds is 18. The predicted octanol–water partition coefficient (Wildman–Crippen LogP) is 4.96. The molecular formula is C20H38ClN5O3S. The summed E-state index contributed by atoms with van der Waals surface area (Å²) in [5.74, 6) is 0.219. The molecule has 8 nitrogen and oxygen atoms in total. The summed E-state index contributed by atoms with van der Waals surface area (Å²) in [7, 11) is -2.41. The summed E-state index contributed by atoms with van der Waals surface area (Å²) in [6.45, 7) is 3.05. The number of hydrogen-bond acceptors (Lipinski definition) is 7. The molecule has 1 rings (SSSR count). The summed E-state index contributed by atoms with van der Waals surface area (Å²) in [4.78, 5) is 13.8. The van der Waals surface area contributed by atoms with Crippen LogP contribution in [0.15, 0.2) is 0 Å². The first-order valence-corrected chi connectivity index (χ1v) is 13.1. The van der Waals surface area contributed by atoms with Gasteiger partial charge in [0.15, 0.2) is 0 Å². The van der Waals surface area contributed by atoms with Crippen LogP contribution in [-0.2, 0) is 10.1 Å². The van der Waals surface area contributed by atoms with Crippen molar-refractivity contribution in [2.75, 3.05) is 36.1 Å². The van der Waals surface area contributed by atoms with E-state index >= 15 is 0 Å². The summed E-state index contributed by atoms with van der Waals surface area (Å²) in [6.07, 6.45) is 15.6. The van der Waals surface area contributed by atoms with Gasteiger partial charge in [-0.15, -0.1) is 0 Å². The van der Waals surface area contributed by atoms with E-state index in [-0.39, 0.29) is 17.8 Å². The fraction of sp³-hybridized carbons (Fsp3) is 0.850. The highest BCUT2D eigenvalue weighted by Gasteiger charge is 2.12. The molecule has 0 fully saturated rings. The topological polar surface area (TPSA) is 108 Å². The minimum atomic E-state index is -4.04. The zero-order chi connectivity index (χ0) is 22.2. The first-order chi connectivity index (χ1) is 14.3. The standard InChI is InChI=1S/C20H38ClN5O3S/c1-3-4-5-6-7-8-9-10-11-12-13-14-15-22-19-23-18(21)24-20(25-19)26(2)16-17-30(27,28)29/h3-17H2,1-2H3,(H,27,28,29)(H,22,23,24,25). The first kappa shape index (κ1) is 26.8. The van der Waals surface area contributed by atoms with Gasteiger partial charge in [-0.25, -0.2) is 0 Å². The lowest BCUT2D eigenvalue weighted by molar-refractivity contribution is 0.483. The second-order valence-electron chi connectivity index (χ2n) is 7.75. The fourth-order valence-electron chi connectivity index (χ4n) is 3.11. The van der Waals surface area contributed by atoms with Gasteiger partial charge in [-0.2, -0.15) is 23.4 Å². The van der Waals surface area contributed by atoms with E-state index in [1.807, 2.05) is 0 Å². The van der Waals surface area contributed by atoms with Crippen LogP contribution in [-0.4, -0.2) is 53.8 Å². The van der Waals surface area contributed by atoms with Gasteiger partial charge in [0.1, 0.15) is 0 Å². The van der Waals surface area contributed by atoms with Crippen LogP contribution in [0.3, 0.4) is 0 Å². The maximum absolute atomic E-state index is 10.9. The Morgan fingerprint density at radius 2 is 1.43 bits per heavy atom. The van der Waals surface area contributed by atoms with Gasteiger partial charge < -0.3 is 10.2 Å². The molecule has 0 atom stereocenters. The molecule has 0 aliphatic heterocycles. The first-order valence-electron chi connectivity index (χ1n) is 11.1. The average Bonchev–Trinajstić information content (AvgIpc) is 2.68. The number of nitrogens with zero attached hydrogens (tertiary/aromatic N) is 4. The number of aromatic nitrogens is 3. The molecule has 0 aromatic carbocycles. The van der Waals surface area contributed by atoms with E-state index < -0.39 is 15.9 Å². The van der Waals surface area contributed by atoms with Crippen LogP contribution in [0.5, 0.6) is 0 Å². The molecule has 30 heavy (non-hydrogen) atoms. The number of hydrogen-bond donors (Lipinski definition) is 2. The maximum Gasteiger partial charge on any atom is 0.266 e. The van der Waals surface area contributed by atoms with Crippen molar-refractivity contribution >= 4 is 33.6 Å². The van der Waals surface area contributed by atoms with Gasteiger partial charge in [0.25, 0.3) is 10.1 Å². The SMILES string of the molecule is CCCCCCCCCCCCCCNc1nc(Cl)nc(N(C)CCS(=O)(=O)O)n1. The zero-order valence-electron chi connectivity index (χ0n) is 18.4. The van der Waals surface area contributed by atoms with E-state index in [1.54, 1.807) is 7.05 Å². The van der Waals surface area contributed by atoms with Crippen LogP contribution in [0, 0.1) is 0 Å². The third-order valence-corrected chi connectivity index (χ3v) is 5.80. The van der Waals surface area contributed by atoms with Crippen LogP contribution in [0.4, 0.5) is 11.9 Å². The van der Waals surface area contributed by atoms with E-state index in [4.69, 9.17) is 16.2 Å². The molecule has 0 saturated heterocycles. The Morgan fingerprint density at radius 1 is 0.900 bits per heavy atom. The highest BCUT2D eigenvalue weighted by atomic mass is 35.5. The van der Waals surface area contributed by atoms with Crippen molar-refractivity contribution in [3.63, 3.8) is 0 Å². The highest BCUT2D eigenvalue weighted by Crippen LogP contribution is 2.14. The number of halogens is 1. The smallest absolute Gasteiger partial charge is 0.266 e. The highest BCUT2D eigenvalue weighted by molar-refractivity contribution is 7.85. The molecule has 0 saturated carbocycles. The van der Waals surface area contributed by atoms with Crippen molar-refractivity contribution in [2.24, 2.45) is 0 Å². The average molecular weight is 464 g/mol. The number of anilines is 2. The van der Waals surface area contributed by atoms with Crippen molar-refractivity contribution < 1.29 is 13.0 Å². The van der Waals surface area contributed by atoms with Crippen molar-refractivity contribution in [3.8, 4) is 0 Å². The molecule has 0 bridgehead atoms. The van der Waals surface area contributed by atoms with Crippen molar-refractivity contribution in [1.82, 2.24) is 15.0 Å². The molecule has 0 amide bonds. The third-order valence-electron chi connectivity index (χ3n) is 4.94. The fourth-order valence-corrected chi connectivity index (χ4v) is 3.77. The molecule has 0 aliphatic rings. The minimum Gasteiger partial charge on any atom is -0.354 e. The molecule has 0 aliphatic carbocycles. The van der Waals surface area contributed by atoms with Crippen LogP contribution in [0.1, 0.15) is 84.0 Å². The van der Waals surface area contributed by atoms with Crippen molar-refractivity contribution in [2.45, 2.75) is 84.0 Å². The van der Waals surface area contributed by atoms with Gasteiger partial charge in [0.05, 0.1) is 5.75 Å². The minimum absolute atomic E-state index is 0.0379. The largest absolute Gasteiger partial charge is 0.354 e. The van der Waals surface area contributed by atoms with Gasteiger partial charge in [0.2, 0.25) is 17.2 Å². The Kier molecular flexibility index (Phi) is 13.9. The molecular weight excluding hydrogens is 426 g/mol. The summed E-state index contributed by atoms with van der Waals surface area (Å²) in [5.41, 5.74) is 0. The van der Waals surface area contributed by atoms with Crippen molar-refractivity contribution in [3.05, 3.63) is 5.28 Å². The van der Waals surface area contributed by atoms with E-state index in [1.165, 1.54) is 69.1 Å². The van der Waals surface area contributed by atoms with Gasteiger partial charge in [-0.3, -0.25) is 4.55 Å². The number of unbranched alkanes of at least 4 members (excludes halogenated alkanes) is 11. The molecule has 0 radical (unpaired) electrons.